The van der Waals surface area contributed by atoms with E-state index in [1.54, 1.807) is 24.3 Å². The van der Waals surface area contributed by atoms with E-state index in [9.17, 15) is 14.4 Å². The number of ketones is 1. The molecule has 0 atom stereocenters. The molecule has 8 heteroatoms. The Morgan fingerprint density at radius 3 is 2.54 bits per heavy atom. The number of ether oxygens (including phenoxy) is 1. The molecular weight excluding hydrogens is 383 g/mol. The molecule has 1 N–H and O–H groups in total. The van der Waals surface area contributed by atoms with Gasteiger partial charge >= 0.3 is 5.97 Å². The fourth-order valence-electron chi connectivity index (χ4n) is 2.31. The lowest BCUT2D eigenvalue weighted by atomic mass is 10.1. The van der Waals surface area contributed by atoms with Crippen LogP contribution >= 0.6 is 23.2 Å². The van der Waals surface area contributed by atoms with Crippen molar-refractivity contribution >= 4 is 45.9 Å². The van der Waals surface area contributed by atoms with Gasteiger partial charge in [-0.2, -0.15) is 0 Å². The minimum Gasteiger partial charge on any atom is -0.480 e. The third-order valence-electron chi connectivity index (χ3n) is 3.50. The van der Waals surface area contributed by atoms with Gasteiger partial charge in [-0.25, -0.2) is 4.79 Å². The van der Waals surface area contributed by atoms with Crippen LogP contribution in [-0.2, 0) is 4.79 Å². The molecule has 6 nitrogen and oxygen atoms in total. The van der Waals surface area contributed by atoms with Crippen LogP contribution < -0.4 is 10.2 Å². The number of para-hydroxylation sites is 1. The van der Waals surface area contributed by atoms with Crippen molar-refractivity contribution < 1.29 is 23.8 Å². The number of halogens is 2. The van der Waals surface area contributed by atoms with E-state index in [4.69, 9.17) is 37.5 Å². The van der Waals surface area contributed by atoms with Gasteiger partial charge in [-0.15, -0.1) is 0 Å². The van der Waals surface area contributed by atoms with E-state index >= 15 is 0 Å². The minimum absolute atomic E-state index is 0.00206. The first kappa shape index (κ1) is 18.0. The summed E-state index contributed by atoms with van der Waals surface area (Å²) in [7, 11) is 0. The number of hydrogen-bond acceptors (Lipinski definition) is 5. The van der Waals surface area contributed by atoms with Crippen molar-refractivity contribution in [3.05, 3.63) is 74.1 Å². The highest BCUT2D eigenvalue weighted by Crippen LogP contribution is 2.35. The van der Waals surface area contributed by atoms with Gasteiger partial charge in [0.05, 0.1) is 10.4 Å². The Hall–Kier alpha value is -2.83. The monoisotopic (exact) mass is 392 g/mol. The molecule has 0 bridgehead atoms. The lowest BCUT2D eigenvalue weighted by Crippen LogP contribution is -2.11. The number of aliphatic carboxylic acids is 1. The zero-order valence-electron chi connectivity index (χ0n) is 13.0. The van der Waals surface area contributed by atoms with Crippen molar-refractivity contribution in [2.75, 3.05) is 6.61 Å². The molecule has 2 aromatic carbocycles. The summed E-state index contributed by atoms with van der Waals surface area (Å²) in [6, 6.07) is 10.3. The maximum absolute atomic E-state index is 12.7. The molecule has 26 heavy (non-hydrogen) atoms. The van der Waals surface area contributed by atoms with Crippen molar-refractivity contribution in [3.8, 4) is 5.75 Å². The second-order valence-electron chi connectivity index (χ2n) is 5.22. The van der Waals surface area contributed by atoms with E-state index in [0.29, 0.717) is 5.39 Å². The van der Waals surface area contributed by atoms with E-state index < -0.39 is 18.4 Å². The summed E-state index contributed by atoms with van der Waals surface area (Å²) in [4.78, 5) is 35.4. The van der Waals surface area contributed by atoms with E-state index in [-0.39, 0.29) is 38.1 Å². The van der Waals surface area contributed by atoms with Gasteiger partial charge in [0.1, 0.15) is 16.4 Å². The van der Waals surface area contributed by atoms with Gasteiger partial charge in [0.2, 0.25) is 5.78 Å². The smallest absolute Gasteiger partial charge is 0.341 e. The lowest BCUT2D eigenvalue weighted by Gasteiger charge is -2.10. The predicted octanol–water partition coefficient (Wildman–Crippen LogP) is 3.79. The molecule has 0 aliphatic carbocycles. The van der Waals surface area contributed by atoms with E-state index in [0.717, 1.165) is 6.07 Å². The van der Waals surface area contributed by atoms with Crippen LogP contribution in [0, 0.1) is 0 Å². The molecule has 0 amide bonds. The second-order valence-corrected chi connectivity index (χ2v) is 5.98. The third-order valence-corrected chi connectivity index (χ3v) is 4.37. The summed E-state index contributed by atoms with van der Waals surface area (Å²) in [5.74, 6) is -1.98. The Morgan fingerprint density at radius 1 is 1.08 bits per heavy atom. The molecule has 0 aliphatic rings. The normalized spacial score (nSPS) is 10.7. The van der Waals surface area contributed by atoms with Crippen molar-refractivity contribution in [3.63, 3.8) is 0 Å². The van der Waals surface area contributed by atoms with Gasteiger partial charge in [0, 0.05) is 11.6 Å². The molecule has 0 aliphatic heterocycles. The predicted molar refractivity (Wildman–Crippen MR) is 95.5 cm³/mol. The molecule has 0 saturated carbocycles. The van der Waals surface area contributed by atoms with Gasteiger partial charge in [-0.3, -0.25) is 9.59 Å². The van der Waals surface area contributed by atoms with Crippen LogP contribution in [-0.4, -0.2) is 23.5 Å². The molecule has 0 unspecified atom stereocenters. The van der Waals surface area contributed by atoms with Crippen LogP contribution in [0.1, 0.15) is 16.1 Å². The Bertz CT molecular complexity index is 1090. The largest absolute Gasteiger partial charge is 0.480 e. The fraction of sp³-hybridized carbons (Fsp3) is 0.0556. The molecule has 0 saturated heterocycles. The van der Waals surface area contributed by atoms with E-state index in [2.05, 4.69) is 0 Å². The van der Waals surface area contributed by atoms with Gasteiger partial charge < -0.3 is 14.3 Å². The van der Waals surface area contributed by atoms with Gasteiger partial charge in [-0.1, -0.05) is 35.3 Å². The first-order valence-corrected chi connectivity index (χ1v) is 8.04. The first-order valence-electron chi connectivity index (χ1n) is 7.28. The number of rotatable bonds is 5. The number of carbonyl (C=O) groups is 2. The molecule has 0 spiro atoms. The Kier molecular flexibility index (Phi) is 4.97. The topological polar surface area (TPSA) is 93.8 Å². The minimum atomic E-state index is -1.18. The number of carbonyl (C=O) groups excluding carboxylic acids is 1. The van der Waals surface area contributed by atoms with Crippen LogP contribution in [0.3, 0.4) is 0 Å². The second kappa shape index (κ2) is 7.19. The summed E-state index contributed by atoms with van der Waals surface area (Å²) in [5, 5.41) is 8.76. The molecule has 1 heterocycles. The number of carboxylic acids is 1. The quantitative estimate of drug-likeness (QED) is 0.663. The van der Waals surface area contributed by atoms with E-state index in [1.165, 1.54) is 12.1 Å². The zero-order chi connectivity index (χ0) is 18.8. The Labute approximate surface area is 156 Å². The van der Waals surface area contributed by atoms with Crippen molar-refractivity contribution in [1.82, 2.24) is 0 Å². The highest BCUT2D eigenvalue weighted by Gasteiger charge is 2.21. The van der Waals surface area contributed by atoms with Crippen LogP contribution in [0.5, 0.6) is 5.75 Å². The highest BCUT2D eigenvalue weighted by molar-refractivity contribution is 6.45. The Morgan fingerprint density at radius 2 is 1.81 bits per heavy atom. The summed E-state index contributed by atoms with van der Waals surface area (Å²) >= 11 is 12.2. The molecule has 0 fully saturated rings. The molecule has 0 radical (unpaired) electrons. The maximum atomic E-state index is 12.7. The van der Waals surface area contributed by atoms with Crippen molar-refractivity contribution in [1.29, 1.82) is 0 Å². The summed E-state index contributed by atoms with van der Waals surface area (Å²) in [5.41, 5.74) is -0.0939. The SMILES string of the molecule is O=C(O)COc1ccc(C(=O)c2cc(=O)c3ccccc3o2)c(Cl)c1Cl. The van der Waals surface area contributed by atoms with E-state index in [1.807, 2.05) is 0 Å². The van der Waals surface area contributed by atoms with Crippen molar-refractivity contribution in [2.45, 2.75) is 0 Å². The van der Waals surface area contributed by atoms with Crippen LogP contribution in [0.4, 0.5) is 0 Å². The molecule has 3 aromatic rings. The van der Waals surface area contributed by atoms with Gasteiger partial charge in [0.25, 0.3) is 0 Å². The fourth-order valence-corrected chi connectivity index (χ4v) is 2.77. The third kappa shape index (κ3) is 3.42. The van der Waals surface area contributed by atoms with Crippen LogP contribution in [0.2, 0.25) is 10.0 Å². The number of fused-ring (bicyclic) bond motifs is 1. The van der Waals surface area contributed by atoms with Crippen LogP contribution in [0.15, 0.2) is 51.7 Å². The van der Waals surface area contributed by atoms with Gasteiger partial charge in [-0.05, 0) is 24.3 Å². The average Bonchev–Trinajstić information content (AvgIpc) is 2.62. The lowest BCUT2D eigenvalue weighted by molar-refractivity contribution is -0.139. The van der Waals surface area contributed by atoms with Crippen molar-refractivity contribution in [2.24, 2.45) is 0 Å². The molecule has 132 valence electrons. The summed E-state index contributed by atoms with van der Waals surface area (Å²) < 4.78 is 10.5. The highest BCUT2D eigenvalue weighted by atomic mass is 35.5. The number of hydrogen-bond donors (Lipinski definition) is 1. The average molecular weight is 393 g/mol. The summed E-state index contributed by atoms with van der Waals surface area (Å²) in [6.07, 6.45) is 0. The number of carboxylic acid groups (broad SMARTS) is 1. The van der Waals surface area contributed by atoms with Gasteiger partial charge in [0.15, 0.2) is 17.8 Å². The zero-order valence-corrected chi connectivity index (χ0v) is 14.5. The van der Waals surface area contributed by atoms with Crippen LogP contribution in [0.25, 0.3) is 11.0 Å². The Balaban J connectivity index is 2.01. The molecular formula is C18H10Cl2O6. The maximum Gasteiger partial charge on any atom is 0.341 e. The first-order chi connectivity index (χ1) is 12.4. The number of benzene rings is 2. The summed E-state index contributed by atoms with van der Waals surface area (Å²) in [6.45, 7) is -0.608. The standard InChI is InChI=1S/C18H10Cl2O6/c19-16-10(5-6-13(17(16)20)25-8-15(22)23)18(24)14-7-11(21)9-3-1-2-4-12(9)26-14/h1-7H,8H2,(H,22,23). The molecule has 1 aromatic heterocycles. The molecule has 3 rings (SSSR count).